The monoisotopic (exact) mass is 295 g/mol. The number of urea groups is 1. The Hall–Kier alpha value is -2.03. The van der Waals surface area contributed by atoms with Gasteiger partial charge in [-0.1, -0.05) is 24.2 Å². The Morgan fingerprint density at radius 2 is 2.20 bits per heavy atom. The molecule has 0 aromatic carbocycles. The summed E-state index contributed by atoms with van der Waals surface area (Å²) in [6.07, 6.45) is 3.12. The summed E-state index contributed by atoms with van der Waals surface area (Å²) in [6, 6.07) is -0.496. The van der Waals surface area contributed by atoms with Gasteiger partial charge >= 0.3 is 6.03 Å². The number of hydrogen-bond acceptors (Lipinski definition) is 6. The zero-order valence-corrected chi connectivity index (χ0v) is 11.4. The molecule has 1 spiro atoms. The van der Waals surface area contributed by atoms with Crippen molar-refractivity contribution in [1.29, 1.82) is 0 Å². The molecule has 0 atom stereocenters. The number of anilines is 1. The van der Waals surface area contributed by atoms with Gasteiger partial charge in [-0.15, -0.1) is 10.2 Å². The quantitative estimate of drug-likeness (QED) is 0.783. The first-order valence-corrected chi connectivity index (χ1v) is 7.19. The molecule has 1 aromatic heterocycles. The summed E-state index contributed by atoms with van der Waals surface area (Å²) in [5.41, 5.74) is 0.705. The van der Waals surface area contributed by atoms with Gasteiger partial charge in [-0.25, -0.2) is 4.79 Å². The van der Waals surface area contributed by atoms with Gasteiger partial charge in [-0.3, -0.25) is 19.8 Å². The van der Waals surface area contributed by atoms with Crippen molar-refractivity contribution in [3.05, 3.63) is 5.51 Å². The van der Waals surface area contributed by atoms with E-state index in [0.29, 0.717) is 18.0 Å². The van der Waals surface area contributed by atoms with Crippen LogP contribution in [0.15, 0.2) is 5.51 Å². The smallest absolute Gasteiger partial charge is 0.323 e. The van der Waals surface area contributed by atoms with Gasteiger partial charge in [0, 0.05) is 0 Å². The lowest BCUT2D eigenvalue weighted by Crippen LogP contribution is -2.44. The van der Waals surface area contributed by atoms with Gasteiger partial charge in [-0.05, 0) is 12.8 Å². The molecular formula is C11H13N5O3S. The molecular weight excluding hydrogens is 282 g/mol. The lowest BCUT2D eigenvalue weighted by atomic mass is 9.98. The van der Waals surface area contributed by atoms with Crippen molar-refractivity contribution in [2.45, 2.75) is 31.2 Å². The van der Waals surface area contributed by atoms with E-state index < -0.39 is 17.5 Å². The van der Waals surface area contributed by atoms with Crippen molar-refractivity contribution in [2.75, 3.05) is 11.9 Å². The van der Waals surface area contributed by atoms with Gasteiger partial charge in [0.2, 0.25) is 11.0 Å². The van der Waals surface area contributed by atoms with Gasteiger partial charge in [0.1, 0.15) is 17.6 Å². The van der Waals surface area contributed by atoms with E-state index in [-0.39, 0.29) is 12.5 Å². The van der Waals surface area contributed by atoms with Crippen LogP contribution in [0.5, 0.6) is 0 Å². The summed E-state index contributed by atoms with van der Waals surface area (Å²) < 4.78 is 0. The number of nitrogens with one attached hydrogen (secondary N) is 2. The zero-order valence-electron chi connectivity index (χ0n) is 10.6. The Balaban J connectivity index is 1.66. The molecule has 9 heteroatoms. The number of nitrogens with zero attached hydrogens (tertiary/aromatic N) is 3. The molecule has 0 radical (unpaired) electrons. The maximum atomic E-state index is 12.3. The second-order valence-electron chi connectivity index (χ2n) is 4.90. The highest BCUT2D eigenvalue weighted by Gasteiger charge is 2.52. The fraction of sp³-hybridized carbons (Fsp3) is 0.545. The van der Waals surface area contributed by atoms with Crippen molar-refractivity contribution in [3.8, 4) is 0 Å². The van der Waals surface area contributed by atoms with Gasteiger partial charge < -0.3 is 5.32 Å². The first kappa shape index (κ1) is 13.0. The Morgan fingerprint density at radius 3 is 2.85 bits per heavy atom. The molecule has 1 saturated heterocycles. The molecule has 4 amide bonds. The molecule has 0 bridgehead atoms. The highest BCUT2D eigenvalue weighted by Crippen LogP contribution is 2.34. The Morgan fingerprint density at radius 1 is 1.45 bits per heavy atom. The third-order valence-electron chi connectivity index (χ3n) is 3.61. The zero-order chi connectivity index (χ0) is 14.2. The molecule has 20 heavy (non-hydrogen) atoms. The molecule has 1 aliphatic heterocycles. The van der Waals surface area contributed by atoms with Crippen LogP contribution in [0.25, 0.3) is 0 Å². The van der Waals surface area contributed by atoms with Crippen molar-refractivity contribution in [3.63, 3.8) is 0 Å². The second kappa shape index (κ2) is 4.82. The van der Waals surface area contributed by atoms with E-state index in [9.17, 15) is 14.4 Å². The van der Waals surface area contributed by atoms with Crippen LogP contribution >= 0.6 is 11.3 Å². The third kappa shape index (κ3) is 2.13. The number of carbonyl (C=O) groups is 3. The SMILES string of the molecule is O=C(CN1C(=O)NC2(CCCC2)C1=O)Nc1nncs1. The molecule has 1 aromatic rings. The summed E-state index contributed by atoms with van der Waals surface area (Å²) in [5, 5.41) is 12.8. The largest absolute Gasteiger partial charge is 0.325 e. The minimum Gasteiger partial charge on any atom is -0.323 e. The summed E-state index contributed by atoms with van der Waals surface area (Å²) in [6.45, 7) is -0.300. The Labute approximate surface area is 118 Å². The summed E-state index contributed by atoms with van der Waals surface area (Å²) in [4.78, 5) is 37.0. The third-order valence-corrected chi connectivity index (χ3v) is 4.22. The van der Waals surface area contributed by atoms with Crippen LogP contribution < -0.4 is 10.6 Å². The predicted octanol–water partition coefficient (Wildman–Crippen LogP) is 0.341. The standard InChI is InChI=1S/C11H13N5O3S/c17-7(13-9-15-12-6-20-9)5-16-8(18)11(14-10(16)19)3-1-2-4-11/h6H,1-5H2,(H,14,19)(H,13,15,17). The molecule has 0 unspecified atom stereocenters. The maximum Gasteiger partial charge on any atom is 0.325 e. The average molecular weight is 295 g/mol. The van der Waals surface area contributed by atoms with Crippen LogP contribution in [0.1, 0.15) is 25.7 Å². The van der Waals surface area contributed by atoms with E-state index in [1.54, 1.807) is 0 Å². The fourth-order valence-electron chi connectivity index (χ4n) is 2.67. The van der Waals surface area contributed by atoms with Crippen LogP contribution in [0, 0.1) is 0 Å². The highest BCUT2D eigenvalue weighted by molar-refractivity contribution is 7.13. The van der Waals surface area contributed by atoms with E-state index >= 15 is 0 Å². The van der Waals surface area contributed by atoms with E-state index in [0.717, 1.165) is 17.7 Å². The number of rotatable bonds is 3. The fourth-order valence-corrected chi connectivity index (χ4v) is 3.13. The van der Waals surface area contributed by atoms with Crippen LogP contribution in [0.2, 0.25) is 0 Å². The van der Waals surface area contributed by atoms with E-state index in [2.05, 4.69) is 20.8 Å². The minimum atomic E-state index is -0.778. The number of carbonyl (C=O) groups excluding carboxylic acids is 3. The average Bonchev–Trinajstić information content (AvgIpc) is 3.10. The van der Waals surface area contributed by atoms with E-state index in [4.69, 9.17) is 0 Å². The van der Waals surface area contributed by atoms with E-state index in [1.807, 2.05) is 0 Å². The van der Waals surface area contributed by atoms with Crippen LogP contribution in [-0.4, -0.2) is 45.0 Å². The van der Waals surface area contributed by atoms with Gasteiger partial charge in [0.05, 0.1) is 0 Å². The molecule has 8 nitrogen and oxygen atoms in total. The lowest BCUT2D eigenvalue weighted by molar-refractivity contribution is -0.133. The van der Waals surface area contributed by atoms with Crippen molar-refractivity contribution in [1.82, 2.24) is 20.4 Å². The second-order valence-corrected chi connectivity index (χ2v) is 5.74. The Kier molecular flexibility index (Phi) is 3.13. The predicted molar refractivity (Wildman–Crippen MR) is 70.0 cm³/mol. The highest BCUT2D eigenvalue weighted by atomic mass is 32.1. The normalized spacial score (nSPS) is 20.5. The van der Waals surface area contributed by atoms with Crippen molar-refractivity contribution >= 4 is 34.3 Å². The van der Waals surface area contributed by atoms with Gasteiger partial charge in [-0.2, -0.15) is 0 Å². The van der Waals surface area contributed by atoms with Crippen molar-refractivity contribution < 1.29 is 14.4 Å². The molecule has 2 aliphatic rings. The minimum absolute atomic E-state index is 0.299. The molecule has 2 N–H and O–H groups in total. The van der Waals surface area contributed by atoms with Crippen LogP contribution in [0.3, 0.4) is 0 Å². The van der Waals surface area contributed by atoms with Gasteiger partial charge in [0.15, 0.2) is 0 Å². The molecule has 3 rings (SSSR count). The molecule has 106 valence electrons. The molecule has 1 aliphatic carbocycles. The number of aromatic nitrogens is 2. The maximum absolute atomic E-state index is 12.3. The first-order chi connectivity index (χ1) is 9.61. The summed E-state index contributed by atoms with van der Waals surface area (Å²) in [7, 11) is 0. The van der Waals surface area contributed by atoms with Crippen molar-refractivity contribution in [2.24, 2.45) is 0 Å². The molecule has 1 saturated carbocycles. The molecule has 2 heterocycles. The summed E-state index contributed by atoms with van der Waals surface area (Å²) in [5.74, 6) is -0.757. The van der Waals surface area contributed by atoms with Crippen LogP contribution in [-0.2, 0) is 9.59 Å². The number of hydrogen-bond donors (Lipinski definition) is 2. The number of imide groups is 1. The van der Waals surface area contributed by atoms with Crippen LogP contribution in [0.4, 0.5) is 9.93 Å². The van der Waals surface area contributed by atoms with Gasteiger partial charge in [0.25, 0.3) is 5.91 Å². The number of amides is 4. The molecule has 2 fully saturated rings. The van der Waals surface area contributed by atoms with E-state index in [1.165, 1.54) is 16.8 Å². The first-order valence-electron chi connectivity index (χ1n) is 6.31. The summed E-state index contributed by atoms with van der Waals surface area (Å²) >= 11 is 1.17. The lowest BCUT2D eigenvalue weighted by Gasteiger charge is -2.19. The topological polar surface area (TPSA) is 104 Å². The Bertz CT molecular complexity index is 552.